The van der Waals surface area contributed by atoms with Crippen molar-refractivity contribution in [1.82, 2.24) is 10.3 Å². The number of rotatable bonds is 4. The molecular weight excluding hydrogens is 486 g/mol. The fourth-order valence-electron chi connectivity index (χ4n) is 4.57. The van der Waals surface area contributed by atoms with Crippen molar-refractivity contribution < 1.29 is 22.4 Å². The first-order chi connectivity index (χ1) is 17.7. The summed E-state index contributed by atoms with van der Waals surface area (Å²) in [4.78, 5) is 16.9. The predicted octanol–water partition coefficient (Wildman–Crippen LogP) is 6.71. The van der Waals surface area contributed by atoms with E-state index in [1.165, 1.54) is 0 Å². The number of alkyl halides is 3. The number of amides is 2. The number of fused-ring (bicyclic) bond motifs is 1. The number of anilines is 3. The molecule has 0 radical (unpaired) electrons. The van der Waals surface area contributed by atoms with Crippen LogP contribution in [0.2, 0.25) is 0 Å². The van der Waals surface area contributed by atoms with E-state index < -0.39 is 29.3 Å². The fraction of sp³-hybridized carbons (Fsp3) is 0.185. The molecule has 5 N–H and O–H groups in total. The molecule has 0 aliphatic carbocycles. The van der Waals surface area contributed by atoms with E-state index in [1.54, 1.807) is 24.3 Å². The summed E-state index contributed by atoms with van der Waals surface area (Å²) in [6.07, 6.45) is -2.60. The minimum atomic E-state index is -4.66. The average molecular weight is 510 g/mol. The van der Waals surface area contributed by atoms with Crippen LogP contribution in [0.25, 0.3) is 21.9 Å². The summed E-state index contributed by atoms with van der Waals surface area (Å²) >= 11 is 0. The van der Waals surface area contributed by atoms with Crippen LogP contribution < -0.4 is 21.7 Å². The van der Waals surface area contributed by atoms with Crippen molar-refractivity contribution in [3.63, 3.8) is 0 Å². The number of carbonyl (C=O) groups is 1. The zero-order valence-corrected chi connectivity index (χ0v) is 19.5. The van der Waals surface area contributed by atoms with E-state index in [1.807, 2.05) is 24.3 Å². The van der Waals surface area contributed by atoms with Gasteiger partial charge in [0.15, 0.2) is 0 Å². The number of urea groups is 1. The number of halogens is 4. The Kier molecular flexibility index (Phi) is 6.43. The van der Waals surface area contributed by atoms with E-state index in [-0.39, 0.29) is 6.04 Å². The van der Waals surface area contributed by atoms with E-state index in [4.69, 9.17) is 5.73 Å². The van der Waals surface area contributed by atoms with Gasteiger partial charge in [-0.15, -0.1) is 0 Å². The quantitative estimate of drug-likeness (QED) is 0.230. The van der Waals surface area contributed by atoms with Gasteiger partial charge in [0.2, 0.25) is 0 Å². The molecule has 1 aromatic heterocycles. The SMILES string of the molecule is Nc1cc2c(-c3ccc(NC(=O)Nc4cc(C(F)(F)F)ccc4F)cc3)cccc2c(C2CCCN2)n1. The molecule has 1 aliphatic rings. The fourth-order valence-corrected chi connectivity index (χ4v) is 4.57. The molecule has 1 saturated heterocycles. The topological polar surface area (TPSA) is 92.1 Å². The summed E-state index contributed by atoms with van der Waals surface area (Å²) in [5.74, 6) is -0.546. The highest BCUT2D eigenvalue weighted by atomic mass is 19.4. The Labute approximate surface area is 209 Å². The lowest BCUT2D eigenvalue weighted by atomic mass is 9.95. The largest absolute Gasteiger partial charge is 0.416 e. The van der Waals surface area contributed by atoms with Gasteiger partial charge in [0.1, 0.15) is 11.6 Å². The van der Waals surface area contributed by atoms with Crippen LogP contribution in [-0.2, 0) is 6.18 Å². The van der Waals surface area contributed by atoms with Crippen molar-refractivity contribution in [3.8, 4) is 11.1 Å². The molecule has 1 fully saturated rings. The molecule has 2 amide bonds. The molecule has 0 spiro atoms. The third-order valence-corrected chi connectivity index (χ3v) is 6.31. The number of carbonyl (C=O) groups excluding carboxylic acids is 1. The number of nitrogens with zero attached hydrogens (tertiary/aromatic N) is 1. The maximum atomic E-state index is 14.0. The molecule has 37 heavy (non-hydrogen) atoms. The lowest BCUT2D eigenvalue weighted by Crippen LogP contribution is -2.20. The molecule has 0 saturated carbocycles. The summed E-state index contributed by atoms with van der Waals surface area (Å²) in [7, 11) is 0. The highest BCUT2D eigenvalue weighted by Gasteiger charge is 2.31. The Hall–Kier alpha value is -4.18. The number of benzene rings is 3. The van der Waals surface area contributed by atoms with Crippen LogP contribution >= 0.6 is 0 Å². The number of nitrogens with one attached hydrogen (secondary N) is 3. The Morgan fingerprint density at radius 2 is 1.78 bits per heavy atom. The van der Waals surface area contributed by atoms with Gasteiger partial charge in [0, 0.05) is 11.1 Å². The zero-order valence-electron chi connectivity index (χ0n) is 19.5. The van der Waals surface area contributed by atoms with Gasteiger partial charge in [-0.05, 0) is 72.3 Å². The average Bonchev–Trinajstić information content (AvgIpc) is 3.39. The van der Waals surface area contributed by atoms with Gasteiger partial charge in [-0.25, -0.2) is 14.2 Å². The van der Waals surface area contributed by atoms with Crippen LogP contribution in [0, 0.1) is 5.82 Å². The zero-order chi connectivity index (χ0) is 26.2. The molecular formula is C27H23F4N5O. The number of pyridine rings is 1. The minimum Gasteiger partial charge on any atom is -0.384 e. The van der Waals surface area contributed by atoms with Crippen LogP contribution in [0.1, 0.15) is 30.1 Å². The predicted molar refractivity (Wildman–Crippen MR) is 136 cm³/mol. The third kappa shape index (κ3) is 5.19. The molecule has 3 aromatic carbocycles. The second-order valence-corrected chi connectivity index (χ2v) is 8.83. The van der Waals surface area contributed by atoms with Crippen molar-refractivity contribution in [2.45, 2.75) is 25.1 Å². The number of nitrogen functional groups attached to an aromatic ring is 1. The summed E-state index contributed by atoms with van der Waals surface area (Å²) in [6, 6.07) is 15.8. The first kappa shape index (κ1) is 24.5. The van der Waals surface area contributed by atoms with Crippen LogP contribution in [0.4, 0.5) is 39.5 Å². The van der Waals surface area contributed by atoms with Crippen molar-refractivity contribution in [1.29, 1.82) is 0 Å². The van der Waals surface area contributed by atoms with Crippen LogP contribution in [0.15, 0.2) is 66.7 Å². The summed E-state index contributed by atoms with van der Waals surface area (Å²) < 4.78 is 52.7. The molecule has 1 unspecified atom stereocenters. The van der Waals surface area contributed by atoms with Crippen LogP contribution in [0.3, 0.4) is 0 Å². The Morgan fingerprint density at radius 3 is 2.49 bits per heavy atom. The van der Waals surface area contributed by atoms with Crippen molar-refractivity contribution in [2.75, 3.05) is 22.9 Å². The Balaban J connectivity index is 1.37. The van der Waals surface area contributed by atoms with Crippen LogP contribution in [0.5, 0.6) is 0 Å². The van der Waals surface area contributed by atoms with E-state index in [0.717, 1.165) is 47.0 Å². The molecule has 1 atom stereocenters. The van der Waals surface area contributed by atoms with Gasteiger partial charge in [0.05, 0.1) is 23.0 Å². The highest BCUT2D eigenvalue weighted by Crippen LogP contribution is 2.36. The monoisotopic (exact) mass is 509 g/mol. The van der Waals surface area contributed by atoms with E-state index >= 15 is 0 Å². The van der Waals surface area contributed by atoms with Crippen molar-refractivity contribution >= 4 is 34.0 Å². The van der Waals surface area contributed by atoms with Gasteiger partial charge < -0.3 is 21.7 Å². The Morgan fingerprint density at radius 1 is 1.00 bits per heavy atom. The number of hydrogen-bond donors (Lipinski definition) is 4. The summed E-state index contributed by atoms with van der Waals surface area (Å²) in [5, 5.41) is 10.1. The molecule has 0 bridgehead atoms. The molecule has 1 aliphatic heterocycles. The van der Waals surface area contributed by atoms with E-state index in [2.05, 4.69) is 20.9 Å². The maximum Gasteiger partial charge on any atom is 0.416 e. The van der Waals surface area contributed by atoms with Crippen molar-refractivity contribution in [2.24, 2.45) is 0 Å². The molecule has 5 rings (SSSR count). The van der Waals surface area contributed by atoms with E-state index in [0.29, 0.717) is 29.7 Å². The molecule has 2 heterocycles. The maximum absolute atomic E-state index is 14.0. The normalized spacial score (nSPS) is 15.6. The molecule has 6 nitrogen and oxygen atoms in total. The number of nitrogens with two attached hydrogens (primary N) is 1. The van der Waals surface area contributed by atoms with E-state index in [9.17, 15) is 22.4 Å². The number of aromatic nitrogens is 1. The van der Waals surface area contributed by atoms with Gasteiger partial charge in [-0.1, -0.05) is 30.3 Å². The number of hydrogen-bond acceptors (Lipinski definition) is 4. The molecule has 10 heteroatoms. The molecule has 190 valence electrons. The minimum absolute atomic E-state index is 0.146. The lowest BCUT2D eigenvalue weighted by molar-refractivity contribution is -0.137. The third-order valence-electron chi connectivity index (χ3n) is 6.31. The summed E-state index contributed by atoms with van der Waals surface area (Å²) in [6.45, 7) is 0.935. The molecule has 4 aromatic rings. The second-order valence-electron chi connectivity index (χ2n) is 8.83. The van der Waals surface area contributed by atoms with Gasteiger partial charge >= 0.3 is 12.2 Å². The van der Waals surface area contributed by atoms with Gasteiger partial charge in [-0.3, -0.25) is 0 Å². The smallest absolute Gasteiger partial charge is 0.384 e. The standard InChI is InChI=1S/C27H23F4N5O/c28-21-11-8-16(27(29,30)31)13-23(21)35-26(37)34-17-9-6-15(7-10-17)18-3-1-4-19-20(18)14-24(32)36-25(19)22-5-2-12-33-22/h1,3-4,6-11,13-14,22,33H,2,5,12H2,(H2,32,36)(H2,34,35,37). The Bertz CT molecular complexity index is 1460. The van der Waals surface area contributed by atoms with Gasteiger partial charge in [0.25, 0.3) is 0 Å². The van der Waals surface area contributed by atoms with Gasteiger partial charge in [-0.2, -0.15) is 13.2 Å². The second kappa shape index (κ2) is 9.70. The lowest BCUT2D eigenvalue weighted by Gasteiger charge is -2.16. The summed E-state index contributed by atoms with van der Waals surface area (Å²) in [5.41, 5.74) is 7.62. The first-order valence-electron chi connectivity index (χ1n) is 11.7. The van der Waals surface area contributed by atoms with Crippen molar-refractivity contribution in [3.05, 3.63) is 83.8 Å². The first-order valence-corrected chi connectivity index (χ1v) is 11.7. The van der Waals surface area contributed by atoms with Crippen LogP contribution in [-0.4, -0.2) is 17.6 Å². The highest BCUT2D eigenvalue weighted by molar-refractivity contribution is 6.01.